The summed E-state index contributed by atoms with van der Waals surface area (Å²) >= 11 is 8.98. The summed E-state index contributed by atoms with van der Waals surface area (Å²) in [7, 11) is 0. The third-order valence-electron chi connectivity index (χ3n) is 1.89. The second-order valence-electron chi connectivity index (χ2n) is 2.98. The van der Waals surface area contributed by atoms with Gasteiger partial charge in [-0.2, -0.15) is 0 Å². The Morgan fingerprint density at radius 1 is 1.64 bits per heavy atom. The predicted molar refractivity (Wildman–Crippen MR) is 58.5 cm³/mol. The molecular formula is C10H9BrClFO. The molecule has 0 aliphatic carbocycles. The molecule has 0 aromatic heterocycles. The lowest BCUT2D eigenvalue weighted by Gasteiger charge is -2.08. The van der Waals surface area contributed by atoms with Crippen LogP contribution in [0, 0.1) is 5.82 Å². The number of carbonyl (C=O) groups is 1. The molecule has 1 aromatic rings. The minimum Gasteiger partial charge on any atom is -0.299 e. The molecule has 0 amide bonds. The van der Waals surface area contributed by atoms with Crippen LogP contribution < -0.4 is 0 Å². The van der Waals surface area contributed by atoms with Crippen molar-refractivity contribution >= 4 is 33.3 Å². The lowest BCUT2D eigenvalue weighted by Crippen LogP contribution is -2.13. The first kappa shape index (κ1) is 11.7. The molecule has 0 saturated heterocycles. The number of halogens is 3. The summed E-state index contributed by atoms with van der Waals surface area (Å²) in [6.45, 7) is 1.45. The van der Waals surface area contributed by atoms with E-state index in [1.165, 1.54) is 19.1 Å². The Balaban J connectivity index is 2.91. The van der Waals surface area contributed by atoms with Gasteiger partial charge in [0.15, 0.2) is 0 Å². The molecular weight excluding hydrogens is 270 g/mol. The largest absolute Gasteiger partial charge is 0.299 e. The van der Waals surface area contributed by atoms with E-state index in [0.29, 0.717) is 10.6 Å². The van der Waals surface area contributed by atoms with Crippen molar-refractivity contribution in [3.63, 3.8) is 0 Å². The molecule has 4 heteroatoms. The van der Waals surface area contributed by atoms with Crippen LogP contribution in [-0.4, -0.2) is 10.6 Å². The maximum atomic E-state index is 13.3. The Hall–Kier alpha value is -0.410. The zero-order valence-electron chi connectivity index (χ0n) is 7.56. The first-order valence-electron chi connectivity index (χ1n) is 4.09. The number of benzene rings is 1. The second kappa shape index (κ2) is 4.89. The van der Waals surface area contributed by atoms with Gasteiger partial charge in [0, 0.05) is 10.6 Å². The van der Waals surface area contributed by atoms with Crippen LogP contribution >= 0.6 is 27.5 Å². The van der Waals surface area contributed by atoms with Crippen LogP contribution in [0.3, 0.4) is 0 Å². The molecule has 1 unspecified atom stereocenters. The van der Waals surface area contributed by atoms with Crippen molar-refractivity contribution in [2.45, 2.75) is 18.2 Å². The first-order valence-corrected chi connectivity index (χ1v) is 5.39. The van der Waals surface area contributed by atoms with Crippen LogP contribution in [-0.2, 0) is 11.2 Å². The summed E-state index contributed by atoms with van der Waals surface area (Å²) in [5, 5.41) is 0.357. The van der Waals surface area contributed by atoms with Crippen LogP contribution in [0.5, 0.6) is 0 Å². The van der Waals surface area contributed by atoms with E-state index < -0.39 is 0 Å². The highest BCUT2D eigenvalue weighted by molar-refractivity contribution is 9.10. The number of rotatable bonds is 3. The van der Waals surface area contributed by atoms with E-state index in [2.05, 4.69) is 15.9 Å². The van der Waals surface area contributed by atoms with E-state index in [4.69, 9.17) is 11.6 Å². The van der Waals surface area contributed by atoms with E-state index in [-0.39, 0.29) is 22.8 Å². The molecule has 1 rings (SSSR count). The Morgan fingerprint density at radius 3 is 2.79 bits per heavy atom. The van der Waals surface area contributed by atoms with E-state index in [1.54, 1.807) is 6.07 Å². The number of ketones is 1. The van der Waals surface area contributed by atoms with Gasteiger partial charge in [-0.05, 0) is 25.5 Å². The van der Waals surface area contributed by atoms with E-state index in [9.17, 15) is 9.18 Å². The van der Waals surface area contributed by atoms with Gasteiger partial charge in [0.05, 0.1) is 4.83 Å². The average Bonchev–Trinajstić information content (AvgIpc) is 2.11. The van der Waals surface area contributed by atoms with Gasteiger partial charge in [0.1, 0.15) is 11.6 Å². The minimum atomic E-state index is -0.378. The number of carbonyl (C=O) groups excluding carboxylic acids is 1. The molecule has 0 saturated carbocycles. The van der Waals surface area contributed by atoms with Crippen molar-refractivity contribution in [1.29, 1.82) is 0 Å². The van der Waals surface area contributed by atoms with Crippen LogP contribution in [0.1, 0.15) is 12.5 Å². The normalized spacial score (nSPS) is 12.6. The van der Waals surface area contributed by atoms with Gasteiger partial charge in [-0.1, -0.05) is 33.6 Å². The van der Waals surface area contributed by atoms with Crippen molar-refractivity contribution in [3.8, 4) is 0 Å². The van der Waals surface area contributed by atoms with Gasteiger partial charge < -0.3 is 0 Å². The van der Waals surface area contributed by atoms with E-state index in [1.807, 2.05) is 0 Å². The smallest absolute Gasteiger partial charge is 0.143 e. The summed E-state index contributed by atoms with van der Waals surface area (Å²) in [6, 6.07) is 4.49. The Morgan fingerprint density at radius 2 is 2.29 bits per heavy atom. The summed E-state index contributed by atoms with van der Waals surface area (Å²) in [5.41, 5.74) is 0.381. The summed E-state index contributed by atoms with van der Waals surface area (Å²) < 4.78 is 13.3. The van der Waals surface area contributed by atoms with Gasteiger partial charge in [0.25, 0.3) is 0 Å². The molecule has 0 aliphatic heterocycles. The monoisotopic (exact) mass is 278 g/mol. The highest BCUT2D eigenvalue weighted by Gasteiger charge is 2.15. The highest BCUT2D eigenvalue weighted by atomic mass is 79.9. The standard InChI is InChI=1S/C10H9BrClFO/c1-6(14)8(11)5-7-9(12)3-2-4-10(7)13/h2-4,8H,5H2,1H3. The molecule has 0 fully saturated rings. The molecule has 1 nitrogen and oxygen atoms in total. The Bertz CT molecular complexity index is 334. The number of alkyl halides is 1. The van der Waals surface area contributed by atoms with Gasteiger partial charge in [0.2, 0.25) is 0 Å². The summed E-state index contributed by atoms with van der Waals surface area (Å²) in [4.78, 5) is 10.6. The van der Waals surface area contributed by atoms with Crippen LogP contribution in [0.2, 0.25) is 5.02 Å². The zero-order valence-corrected chi connectivity index (χ0v) is 9.90. The summed E-state index contributed by atoms with van der Waals surface area (Å²) in [6.07, 6.45) is 0.279. The maximum absolute atomic E-state index is 13.3. The average molecular weight is 280 g/mol. The fourth-order valence-electron chi connectivity index (χ4n) is 1.05. The molecule has 0 radical (unpaired) electrons. The van der Waals surface area contributed by atoms with Gasteiger partial charge in [-0.15, -0.1) is 0 Å². The molecule has 0 N–H and O–H groups in total. The maximum Gasteiger partial charge on any atom is 0.143 e. The molecule has 14 heavy (non-hydrogen) atoms. The highest BCUT2D eigenvalue weighted by Crippen LogP contribution is 2.22. The Kier molecular flexibility index (Phi) is 4.08. The third-order valence-corrected chi connectivity index (χ3v) is 3.21. The third kappa shape index (κ3) is 2.79. The van der Waals surface area contributed by atoms with E-state index in [0.717, 1.165) is 0 Å². The summed E-state index contributed by atoms with van der Waals surface area (Å²) in [5.74, 6) is -0.410. The fraction of sp³-hybridized carbons (Fsp3) is 0.300. The number of hydrogen-bond donors (Lipinski definition) is 0. The van der Waals surface area contributed by atoms with Gasteiger partial charge in [-0.25, -0.2) is 4.39 Å². The van der Waals surface area contributed by atoms with Crippen molar-refractivity contribution in [2.75, 3.05) is 0 Å². The van der Waals surface area contributed by atoms with Crippen molar-refractivity contribution < 1.29 is 9.18 Å². The molecule has 76 valence electrons. The molecule has 0 spiro atoms. The molecule has 1 aromatic carbocycles. The molecule has 0 aliphatic rings. The molecule has 1 atom stereocenters. The lowest BCUT2D eigenvalue weighted by molar-refractivity contribution is -0.116. The van der Waals surface area contributed by atoms with Crippen molar-refractivity contribution in [1.82, 2.24) is 0 Å². The number of Topliss-reactive ketones (excluding diaryl/α,β-unsaturated/α-hetero) is 1. The lowest BCUT2D eigenvalue weighted by atomic mass is 10.1. The van der Waals surface area contributed by atoms with Crippen molar-refractivity contribution in [2.24, 2.45) is 0 Å². The SMILES string of the molecule is CC(=O)C(Br)Cc1c(F)cccc1Cl. The molecule has 0 heterocycles. The quantitative estimate of drug-likeness (QED) is 0.775. The van der Waals surface area contributed by atoms with Crippen LogP contribution in [0.25, 0.3) is 0 Å². The zero-order chi connectivity index (χ0) is 10.7. The van der Waals surface area contributed by atoms with Gasteiger partial charge in [-0.3, -0.25) is 4.79 Å². The fourth-order valence-corrected chi connectivity index (χ4v) is 1.61. The van der Waals surface area contributed by atoms with Crippen molar-refractivity contribution in [3.05, 3.63) is 34.6 Å². The van der Waals surface area contributed by atoms with E-state index >= 15 is 0 Å². The second-order valence-corrected chi connectivity index (χ2v) is 4.50. The molecule has 0 bridgehead atoms. The van der Waals surface area contributed by atoms with Crippen LogP contribution in [0.4, 0.5) is 4.39 Å². The minimum absolute atomic E-state index is 0.0377. The van der Waals surface area contributed by atoms with Crippen LogP contribution in [0.15, 0.2) is 18.2 Å². The Labute approximate surface area is 95.4 Å². The predicted octanol–water partition coefficient (Wildman–Crippen LogP) is 3.37. The van der Waals surface area contributed by atoms with Gasteiger partial charge >= 0.3 is 0 Å². The first-order chi connectivity index (χ1) is 6.52. The number of hydrogen-bond acceptors (Lipinski definition) is 1. The topological polar surface area (TPSA) is 17.1 Å².